The Hall–Kier alpha value is -1.96. The number of thioether (sulfide) groups is 1. The summed E-state index contributed by atoms with van der Waals surface area (Å²) in [5.41, 5.74) is 0.522. The van der Waals surface area contributed by atoms with Crippen LogP contribution in [0.25, 0.3) is 6.08 Å². The molecule has 23 heavy (non-hydrogen) atoms. The molecule has 2 aromatic rings. The van der Waals surface area contributed by atoms with Crippen LogP contribution in [0.3, 0.4) is 0 Å². The monoisotopic (exact) mass is 361 g/mol. The second-order valence-corrected chi connectivity index (χ2v) is 7.37. The van der Waals surface area contributed by atoms with E-state index in [2.05, 4.69) is 0 Å². The lowest BCUT2D eigenvalue weighted by Gasteiger charge is -2.23. The van der Waals surface area contributed by atoms with Crippen LogP contribution in [0.4, 0.5) is 0 Å². The van der Waals surface area contributed by atoms with E-state index in [4.69, 9.17) is 12.2 Å². The van der Waals surface area contributed by atoms with Crippen molar-refractivity contribution in [3.63, 3.8) is 0 Å². The number of carboxylic acid groups (broad SMARTS) is 1. The Morgan fingerprint density at radius 2 is 1.96 bits per heavy atom. The molecule has 1 saturated heterocycles. The van der Waals surface area contributed by atoms with Gasteiger partial charge in [0.25, 0.3) is 5.91 Å². The number of carboxylic acids is 1. The summed E-state index contributed by atoms with van der Waals surface area (Å²) in [5, 5.41) is 11.5. The zero-order chi connectivity index (χ0) is 16.4. The number of amides is 1. The minimum atomic E-state index is -1.11. The van der Waals surface area contributed by atoms with Crippen molar-refractivity contribution in [2.75, 3.05) is 0 Å². The van der Waals surface area contributed by atoms with E-state index in [0.29, 0.717) is 10.5 Å². The average molecular weight is 361 g/mol. The predicted molar refractivity (Wildman–Crippen MR) is 96.1 cm³/mol. The third-order valence-electron chi connectivity index (χ3n) is 3.25. The minimum Gasteiger partial charge on any atom is -0.479 e. The molecule has 2 heterocycles. The molecule has 1 aliphatic rings. The Balaban J connectivity index is 1.97. The van der Waals surface area contributed by atoms with E-state index < -0.39 is 12.0 Å². The fourth-order valence-corrected chi connectivity index (χ4v) is 4.28. The number of rotatable bonds is 4. The van der Waals surface area contributed by atoms with Gasteiger partial charge in [0.1, 0.15) is 4.32 Å². The fourth-order valence-electron chi connectivity index (χ4n) is 2.24. The quantitative estimate of drug-likeness (QED) is 0.663. The lowest BCUT2D eigenvalue weighted by atomic mass is 10.1. The molecule has 1 aromatic carbocycles. The van der Waals surface area contributed by atoms with Crippen molar-refractivity contribution in [3.05, 3.63) is 63.2 Å². The highest BCUT2D eigenvalue weighted by atomic mass is 32.2. The van der Waals surface area contributed by atoms with E-state index in [-0.39, 0.29) is 10.2 Å². The molecule has 116 valence electrons. The second kappa shape index (κ2) is 6.66. The van der Waals surface area contributed by atoms with E-state index in [1.54, 1.807) is 36.4 Å². The van der Waals surface area contributed by atoms with Crippen LogP contribution in [-0.4, -0.2) is 26.2 Å². The van der Waals surface area contributed by atoms with Gasteiger partial charge < -0.3 is 5.11 Å². The number of carbonyl (C=O) groups excluding carboxylic acids is 1. The highest BCUT2D eigenvalue weighted by Crippen LogP contribution is 2.38. The molecule has 0 saturated carbocycles. The van der Waals surface area contributed by atoms with Crippen molar-refractivity contribution in [1.29, 1.82) is 0 Å². The highest BCUT2D eigenvalue weighted by molar-refractivity contribution is 8.26. The first-order chi connectivity index (χ1) is 11.1. The summed E-state index contributed by atoms with van der Waals surface area (Å²) in [4.78, 5) is 26.9. The van der Waals surface area contributed by atoms with Crippen LogP contribution in [0.2, 0.25) is 0 Å². The van der Waals surface area contributed by atoms with E-state index in [1.165, 1.54) is 16.2 Å². The summed E-state index contributed by atoms with van der Waals surface area (Å²) >= 11 is 7.89. The van der Waals surface area contributed by atoms with E-state index >= 15 is 0 Å². The minimum absolute atomic E-state index is 0.258. The maximum atomic E-state index is 12.7. The van der Waals surface area contributed by atoms with Crippen LogP contribution in [-0.2, 0) is 9.59 Å². The van der Waals surface area contributed by atoms with Crippen molar-refractivity contribution in [2.45, 2.75) is 6.04 Å². The number of aliphatic carboxylic acids is 1. The molecule has 0 bridgehead atoms. The number of thiophene rings is 1. The molecule has 1 amide bonds. The zero-order valence-electron chi connectivity index (χ0n) is 11.7. The summed E-state index contributed by atoms with van der Waals surface area (Å²) in [7, 11) is 0. The molecular formula is C16H11NO3S3. The standard InChI is InChI=1S/C16H11NO3S3/c18-14-12(9-11-7-4-8-22-11)23-16(21)17(14)13(15(19)20)10-5-2-1-3-6-10/h1-9,13H,(H,19,20)/b12-9-/t13-/m1/s1. The summed E-state index contributed by atoms with van der Waals surface area (Å²) in [6.45, 7) is 0. The molecule has 1 fully saturated rings. The van der Waals surface area contributed by atoms with Crippen molar-refractivity contribution >= 4 is 57.6 Å². The molecule has 1 aliphatic heterocycles. The zero-order valence-corrected chi connectivity index (χ0v) is 14.2. The Bertz CT molecular complexity index is 784. The van der Waals surface area contributed by atoms with Gasteiger partial charge in [0, 0.05) is 4.88 Å². The summed E-state index contributed by atoms with van der Waals surface area (Å²) in [5.74, 6) is -1.48. The number of thiocarbonyl (C=S) groups is 1. The highest BCUT2D eigenvalue weighted by Gasteiger charge is 2.41. The molecule has 1 aromatic heterocycles. The smallest absolute Gasteiger partial charge is 0.331 e. The first-order valence-corrected chi connectivity index (χ1v) is 8.76. The normalized spacial score (nSPS) is 17.7. The van der Waals surface area contributed by atoms with Gasteiger partial charge in [0.05, 0.1) is 4.91 Å². The summed E-state index contributed by atoms with van der Waals surface area (Å²) in [6.07, 6.45) is 1.74. The SMILES string of the molecule is O=C(O)[C@@H](c1ccccc1)N1C(=O)/C(=C/c2cccs2)SC1=S. The third-order valence-corrected chi connectivity index (χ3v) is 5.40. The molecule has 4 nitrogen and oxygen atoms in total. The maximum absolute atomic E-state index is 12.7. The lowest BCUT2D eigenvalue weighted by Crippen LogP contribution is -2.37. The second-order valence-electron chi connectivity index (χ2n) is 4.72. The van der Waals surface area contributed by atoms with E-state index in [9.17, 15) is 14.7 Å². The number of benzene rings is 1. The Kier molecular flexibility index (Phi) is 4.61. The molecule has 3 rings (SSSR count). The van der Waals surface area contributed by atoms with Gasteiger partial charge in [-0.1, -0.05) is 60.4 Å². The number of carbonyl (C=O) groups is 2. The van der Waals surface area contributed by atoms with Crippen LogP contribution >= 0.6 is 35.3 Å². The number of hydrogen-bond donors (Lipinski definition) is 1. The van der Waals surface area contributed by atoms with Crippen molar-refractivity contribution in [3.8, 4) is 0 Å². The van der Waals surface area contributed by atoms with Crippen LogP contribution in [0.5, 0.6) is 0 Å². The van der Waals surface area contributed by atoms with Crippen LogP contribution in [0, 0.1) is 0 Å². The topological polar surface area (TPSA) is 57.6 Å². The Labute approximate surface area is 146 Å². The molecular weight excluding hydrogens is 350 g/mol. The van der Waals surface area contributed by atoms with Gasteiger partial charge in [-0.2, -0.15) is 0 Å². The van der Waals surface area contributed by atoms with Crippen molar-refractivity contribution in [2.24, 2.45) is 0 Å². The van der Waals surface area contributed by atoms with Gasteiger partial charge in [0.15, 0.2) is 6.04 Å². The van der Waals surface area contributed by atoms with Crippen LogP contribution in [0.1, 0.15) is 16.5 Å². The largest absolute Gasteiger partial charge is 0.479 e. The fraction of sp³-hybridized carbons (Fsp3) is 0.0625. The van der Waals surface area contributed by atoms with E-state index in [0.717, 1.165) is 16.6 Å². The van der Waals surface area contributed by atoms with Gasteiger partial charge in [-0.25, -0.2) is 4.79 Å². The first-order valence-electron chi connectivity index (χ1n) is 6.66. The van der Waals surface area contributed by atoms with Crippen molar-refractivity contribution in [1.82, 2.24) is 4.90 Å². The number of hydrogen-bond acceptors (Lipinski definition) is 5. The molecule has 0 aliphatic carbocycles. The van der Waals surface area contributed by atoms with Gasteiger partial charge in [-0.3, -0.25) is 9.69 Å². The molecule has 0 spiro atoms. The van der Waals surface area contributed by atoms with Crippen LogP contribution < -0.4 is 0 Å². The molecule has 7 heteroatoms. The average Bonchev–Trinajstić information content (AvgIpc) is 3.12. The van der Waals surface area contributed by atoms with E-state index in [1.807, 2.05) is 17.5 Å². The first kappa shape index (κ1) is 15.9. The maximum Gasteiger partial charge on any atom is 0.331 e. The third kappa shape index (κ3) is 3.21. The van der Waals surface area contributed by atoms with Gasteiger partial charge >= 0.3 is 5.97 Å². The summed E-state index contributed by atoms with van der Waals surface area (Å²) in [6, 6.07) is 11.3. The Morgan fingerprint density at radius 3 is 2.57 bits per heavy atom. The molecule has 1 N–H and O–H groups in total. The molecule has 0 radical (unpaired) electrons. The van der Waals surface area contributed by atoms with Gasteiger partial charge in [0.2, 0.25) is 0 Å². The van der Waals surface area contributed by atoms with Crippen molar-refractivity contribution < 1.29 is 14.7 Å². The predicted octanol–water partition coefficient (Wildman–Crippen LogP) is 3.78. The Morgan fingerprint density at radius 1 is 1.22 bits per heavy atom. The lowest BCUT2D eigenvalue weighted by molar-refractivity contribution is -0.145. The molecule has 1 atom stereocenters. The number of nitrogens with zero attached hydrogens (tertiary/aromatic N) is 1. The summed E-state index contributed by atoms with van der Waals surface area (Å²) < 4.78 is 0.258. The molecule has 0 unspecified atom stereocenters. The van der Waals surface area contributed by atoms with Gasteiger partial charge in [-0.15, -0.1) is 11.3 Å². The van der Waals surface area contributed by atoms with Gasteiger partial charge in [-0.05, 0) is 23.1 Å². The van der Waals surface area contributed by atoms with Crippen LogP contribution in [0.15, 0.2) is 52.7 Å².